The fourth-order valence-corrected chi connectivity index (χ4v) is 2.88. The number of hydrogen-bond acceptors (Lipinski definition) is 5. The molecule has 0 aliphatic carbocycles. The van der Waals surface area contributed by atoms with Crippen LogP contribution in [0.25, 0.3) is 0 Å². The largest absolute Gasteiger partial charge is 0.364 e. The highest BCUT2D eigenvalue weighted by molar-refractivity contribution is 5.81. The van der Waals surface area contributed by atoms with E-state index in [1.807, 2.05) is 0 Å². The number of nitrogens with one attached hydrogen (secondary N) is 2. The first-order valence-electron chi connectivity index (χ1n) is 7.71. The Balaban J connectivity index is 1.69. The van der Waals surface area contributed by atoms with Crippen molar-refractivity contribution in [1.29, 1.82) is 0 Å². The van der Waals surface area contributed by atoms with Gasteiger partial charge in [-0.15, -0.1) is 0 Å². The van der Waals surface area contributed by atoms with E-state index in [1.54, 1.807) is 7.05 Å². The second kappa shape index (κ2) is 7.72. The summed E-state index contributed by atoms with van der Waals surface area (Å²) in [4.78, 5) is 25.6. The van der Waals surface area contributed by atoms with Crippen LogP contribution in [0.2, 0.25) is 0 Å². The number of rotatable bonds is 5. The van der Waals surface area contributed by atoms with Crippen LogP contribution in [0, 0.1) is 0 Å². The van der Waals surface area contributed by atoms with Gasteiger partial charge in [-0.2, -0.15) is 0 Å². The predicted octanol–water partition coefficient (Wildman–Crippen LogP) is -1.18. The van der Waals surface area contributed by atoms with Crippen LogP contribution < -0.4 is 16.4 Å². The topological polar surface area (TPSA) is 96.7 Å². The number of likely N-dealkylation sites (N-methyl/N-ethyl adjacent to an activating group) is 1. The minimum atomic E-state index is -0.345. The lowest BCUT2D eigenvalue weighted by molar-refractivity contribution is -0.133. The second-order valence-electron chi connectivity index (χ2n) is 5.79. The van der Waals surface area contributed by atoms with E-state index in [4.69, 9.17) is 10.5 Å². The van der Waals surface area contributed by atoms with Crippen molar-refractivity contribution in [2.24, 2.45) is 5.73 Å². The van der Waals surface area contributed by atoms with Crippen LogP contribution in [0.1, 0.15) is 25.7 Å². The van der Waals surface area contributed by atoms with Crippen molar-refractivity contribution in [3.8, 4) is 0 Å². The van der Waals surface area contributed by atoms with E-state index in [0.717, 1.165) is 38.8 Å². The number of carbonyl (C=O) groups excluding carboxylic acids is 2. The molecule has 0 radical (unpaired) electrons. The summed E-state index contributed by atoms with van der Waals surface area (Å²) in [6, 6.07) is 0.180. The third-order valence-corrected chi connectivity index (χ3v) is 4.24. The molecule has 2 rings (SSSR count). The monoisotopic (exact) mass is 298 g/mol. The quantitative estimate of drug-likeness (QED) is 0.594. The summed E-state index contributed by atoms with van der Waals surface area (Å²) >= 11 is 0. The molecule has 4 N–H and O–H groups in total. The molecule has 0 aromatic heterocycles. The molecule has 0 saturated carbocycles. The van der Waals surface area contributed by atoms with E-state index in [2.05, 4.69) is 15.5 Å². The number of piperidine rings is 1. The summed E-state index contributed by atoms with van der Waals surface area (Å²) in [7, 11) is 1.64. The highest BCUT2D eigenvalue weighted by Gasteiger charge is 2.31. The molecule has 21 heavy (non-hydrogen) atoms. The average molecular weight is 298 g/mol. The normalized spacial score (nSPS) is 27.5. The Kier molecular flexibility index (Phi) is 5.96. The Morgan fingerprint density at radius 2 is 1.95 bits per heavy atom. The van der Waals surface area contributed by atoms with Gasteiger partial charge in [-0.05, 0) is 25.7 Å². The number of likely N-dealkylation sites (tertiary alicyclic amines) is 1. The van der Waals surface area contributed by atoms with Crippen molar-refractivity contribution in [2.45, 2.75) is 43.9 Å². The van der Waals surface area contributed by atoms with E-state index in [1.165, 1.54) is 0 Å². The lowest BCUT2D eigenvalue weighted by Gasteiger charge is -2.32. The van der Waals surface area contributed by atoms with Crippen LogP contribution in [0.4, 0.5) is 0 Å². The zero-order valence-electron chi connectivity index (χ0n) is 12.6. The third kappa shape index (κ3) is 4.66. The molecule has 2 atom stereocenters. The van der Waals surface area contributed by atoms with Crippen molar-refractivity contribution >= 4 is 11.8 Å². The van der Waals surface area contributed by atoms with E-state index >= 15 is 0 Å². The Hall–Kier alpha value is -1.18. The van der Waals surface area contributed by atoms with Gasteiger partial charge in [-0.25, -0.2) is 0 Å². The third-order valence-electron chi connectivity index (χ3n) is 4.24. The summed E-state index contributed by atoms with van der Waals surface area (Å²) in [6.07, 6.45) is 3.03. The molecule has 7 nitrogen and oxygen atoms in total. The Morgan fingerprint density at radius 3 is 2.52 bits per heavy atom. The summed E-state index contributed by atoms with van der Waals surface area (Å²) in [5.41, 5.74) is 5.55. The molecule has 2 aliphatic heterocycles. The lowest BCUT2D eigenvalue weighted by atomic mass is 10.0. The maximum atomic E-state index is 12.1. The molecular formula is C14H26N4O3. The molecule has 2 saturated heterocycles. The summed E-state index contributed by atoms with van der Waals surface area (Å²) in [6.45, 7) is 2.56. The van der Waals surface area contributed by atoms with Crippen molar-refractivity contribution < 1.29 is 14.3 Å². The molecular weight excluding hydrogens is 272 g/mol. The summed E-state index contributed by atoms with van der Waals surface area (Å²) < 4.78 is 5.60. The summed E-state index contributed by atoms with van der Waals surface area (Å²) in [5, 5.41) is 5.69. The molecule has 2 unspecified atom stereocenters. The summed E-state index contributed by atoms with van der Waals surface area (Å²) in [5.74, 6) is 0.0142. The first-order chi connectivity index (χ1) is 10.1. The van der Waals surface area contributed by atoms with Crippen molar-refractivity contribution in [3.63, 3.8) is 0 Å². The van der Waals surface area contributed by atoms with Crippen LogP contribution in [0.3, 0.4) is 0 Å². The zero-order chi connectivity index (χ0) is 15.2. The highest BCUT2D eigenvalue weighted by Crippen LogP contribution is 2.19. The molecule has 0 bridgehead atoms. The standard InChI is InChI=1S/C14H26N4O3/c1-16-13(19)9-18-6-4-10(5-7-18)17-14(20)12-3-2-11(8-15)21-12/h10-12H,2-9,15H2,1H3,(H,16,19)(H,17,20). The molecule has 0 aromatic rings. The van der Waals surface area contributed by atoms with Gasteiger partial charge < -0.3 is 21.1 Å². The number of ether oxygens (including phenoxy) is 1. The van der Waals surface area contributed by atoms with Crippen molar-refractivity contribution in [2.75, 3.05) is 33.2 Å². The van der Waals surface area contributed by atoms with Crippen LogP contribution >= 0.6 is 0 Å². The first-order valence-corrected chi connectivity index (χ1v) is 7.71. The van der Waals surface area contributed by atoms with Gasteiger partial charge in [0, 0.05) is 32.7 Å². The molecule has 120 valence electrons. The molecule has 2 heterocycles. The van der Waals surface area contributed by atoms with Crippen LogP contribution in [0.15, 0.2) is 0 Å². The Labute approximate surface area is 125 Å². The number of nitrogens with zero attached hydrogens (tertiary/aromatic N) is 1. The molecule has 0 aromatic carbocycles. The lowest BCUT2D eigenvalue weighted by Crippen LogP contribution is -2.49. The van der Waals surface area contributed by atoms with Crippen LogP contribution in [0.5, 0.6) is 0 Å². The minimum absolute atomic E-state index is 0.0179. The Bertz CT molecular complexity index is 369. The SMILES string of the molecule is CNC(=O)CN1CCC(NC(=O)C2CCC(CN)O2)CC1. The molecule has 2 aliphatic rings. The maximum Gasteiger partial charge on any atom is 0.249 e. The van der Waals surface area contributed by atoms with Gasteiger partial charge in [0.25, 0.3) is 0 Å². The number of nitrogens with two attached hydrogens (primary N) is 1. The van der Waals surface area contributed by atoms with Crippen LogP contribution in [-0.4, -0.2) is 68.2 Å². The van der Waals surface area contributed by atoms with Gasteiger partial charge in [0.05, 0.1) is 12.6 Å². The van der Waals surface area contributed by atoms with Gasteiger partial charge >= 0.3 is 0 Å². The van der Waals surface area contributed by atoms with Crippen LogP contribution in [-0.2, 0) is 14.3 Å². The molecule has 7 heteroatoms. The predicted molar refractivity (Wildman–Crippen MR) is 78.6 cm³/mol. The fraction of sp³-hybridized carbons (Fsp3) is 0.857. The van der Waals surface area contributed by atoms with Gasteiger partial charge in [0.2, 0.25) is 11.8 Å². The number of amides is 2. The zero-order valence-corrected chi connectivity index (χ0v) is 12.6. The smallest absolute Gasteiger partial charge is 0.249 e. The van der Waals surface area contributed by atoms with E-state index in [9.17, 15) is 9.59 Å². The molecule has 0 spiro atoms. The average Bonchev–Trinajstić information content (AvgIpc) is 2.98. The van der Waals surface area contributed by atoms with Gasteiger partial charge in [-0.3, -0.25) is 14.5 Å². The van der Waals surface area contributed by atoms with E-state index in [-0.39, 0.29) is 30.1 Å². The Morgan fingerprint density at radius 1 is 1.24 bits per heavy atom. The van der Waals surface area contributed by atoms with Gasteiger partial charge in [0.1, 0.15) is 6.10 Å². The maximum absolute atomic E-state index is 12.1. The van der Waals surface area contributed by atoms with Crippen molar-refractivity contribution in [3.05, 3.63) is 0 Å². The fourth-order valence-electron chi connectivity index (χ4n) is 2.88. The number of hydrogen-bond donors (Lipinski definition) is 3. The van der Waals surface area contributed by atoms with Gasteiger partial charge in [0.15, 0.2) is 0 Å². The second-order valence-corrected chi connectivity index (χ2v) is 5.79. The molecule has 2 fully saturated rings. The van der Waals surface area contributed by atoms with Gasteiger partial charge in [-0.1, -0.05) is 0 Å². The van der Waals surface area contributed by atoms with Crippen molar-refractivity contribution in [1.82, 2.24) is 15.5 Å². The molecule has 2 amide bonds. The first kappa shape index (κ1) is 16.2. The van der Waals surface area contributed by atoms with E-state index in [0.29, 0.717) is 13.1 Å². The highest BCUT2D eigenvalue weighted by atomic mass is 16.5. The number of carbonyl (C=O) groups is 2. The minimum Gasteiger partial charge on any atom is -0.364 e. The van der Waals surface area contributed by atoms with E-state index < -0.39 is 0 Å².